The first-order chi connectivity index (χ1) is 10.3. The van der Waals surface area contributed by atoms with Crippen LogP contribution in [0.5, 0.6) is 0 Å². The topological polar surface area (TPSA) is 29.9 Å². The molecule has 0 radical (unpaired) electrons. The van der Waals surface area contributed by atoms with E-state index >= 15 is 0 Å². The molecule has 1 N–H and O–H groups in total. The summed E-state index contributed by atoms with van der Waals surface area (Å²) in [5, 5.41) is 8.18. The Morgan fingerprint density at radius 3 is 2.86 bits per heavy atom. The third-order valence-electron chi connectivity index (χ3n) is 4.14. The van der Waals surface area contributed by atoms with Crippen LogP contribution in [0.2, 0.25) is 0 Å². The molecule has 0 saturated heterocycles. The van der Waals surface area contributed by atoms with Crippen LogP contribution in [0.15, 0.2) is 30.5 Å². The summed E-state index contributed by atoms with van der Waals surface area (Å²) in [5.41, 5.74) is 3.52. The van der Waals surface area contributed by atoms with Crippen LogP contribution in [-0.2, 0) is 6.42 Å². The average Bonchev–Trinajstić information content (AvgIpc) is 2.81. The van der Waals surface area contributed by atoms with E-state index in [1.54, 1.807) is 12.1 Å². The molecule has 0 bridgehead atoms. The summed E-state index contributed by atoms with van der Waals surface area (Å²) in [6.07, 6.45) is 7.75. The Morgan fingerprint density at radius 1 is 1.29 bits per heavy atom. The van der Waals surface area contributed by atoms with Crippen LogP contribution in [0.1, 0.15) is 49.9 Å². The van der Waals surface area contributed by atoms with Gasteiger partial charge in [0.25, 0.3) is 0 Å². The number of fused-ring (bicyclic) bond motifs is 1. The zero-order chi connectivity index (χ0) is 14.7. The maximum absolute atomic E-state index is 13.1. The fourth-order valence-electron chi connectivity index (χ4n) is 3.06. The predicted molar refractivity (Wildman–Crippen MR) is 82.1 cm³/mol. The molecule has 1 atom stereocenters. The second-order valence-electron chi connectivity index (χ2n) is 5.69. The Morgan fingerprint density at radius 2 is 2.10 bits per heavy atom. The van der Waals surface area contributed by atoms with Crippen molar-refractivity contribution in [2.45, 2.75) is 45.1 Å². The highest BCUT2D eigenvalue weighted by Gasteiger charge is 2.22. The second-order valence-corrected chi connectivity index (χ2v) is 5.69. The van der Waals surface area contributed by atoms with Crippen LogP contribution in [0.4, 0.5) is 4.39 Å². The summed E-state index contributed by atoms with van der Waals surface area (Å²) in [6.45, 7) is 3.22. The van der Waals surface area contributed by atoms with Crippen molar-refractivity contribution >= 4 is 0 Å². The normalized spacial score (nSPS) is 18.3. The SMILES string of the molecule is CCCNC1CCCCc2c1cnn2-c1ccc(F)cc1. The molecule has 0 aliphatic heterocycles. The minimum absolute atomic E-state index is 0.209. The average molecular weight is 287 g/mol. The number of nitrogens with one attached hydrogen (secondary N) is 1. The minimum Gasteiger partial charge on any atom is -0.310 e. The molecule has 0 amide bonds. The zero-order valence-electron chi connectivity index (χ0n) is 12.5. The lowest BCUT2D eigenvalue weighted by molar-refractivity contribution is 0.489. The zero-order valence-corrected chi connectivity index (χ0v) is 12.5. The number of benzene rings is 1. The van der Waals surface area contributed by atoms with Gasteiger partial charge < -0.3 is 5.32 Å². The highest BCUT2D eigenvalue weighted by Crippen LogP contribution is 2.30. The van der Waals surface area contributed by atoms with Gasteiger partial charge in [-0.25, -0.2) is 9.07 Å². The number of aromatic nitrogens is 2. The molecule has 1 heterocycles. The quantitative estimate of drug-likeness (QED) is 0.867. The molecule has 112 valence electrons. The Labute approximate surface area is 125 Å². The number of hydrogen-bond acceptors (Lipinski definition) is 2. The van der Waals surface area contributed by atoms with Gasteiger partial charge in [0.15, 0.2) is 0 Å². The predicted octanol–water partition coefficient (Wildman–Crippen LogP) is 3.78. The van der Waals surface area contributed by atoms with E-state index in [9.17, 15) is 4.39 Å². The molecule has 0 fully saturated rings. The van der Waals surface area contributed by atoms with Gasteiger partial charge in [0, 0.05) is 17.3 Å². The van der Waals surface area contributed by atoms with E-state index in [2.05, 4.69) is 17.3 Å². The van der Waals surface area contributed by atoms with Gasteiger partial charge in [-0.1, -0.05) is 13.3 Å². The summed E-state index contributed by atoms with van der Waals surface area (Å²) in [4.78, 5) is 0. The van der Waals surface area contributed by atoms with E-state index in [4.69, 9.17) is 0 Å². The third-order valence-corrected chi connectivity index (χ3v) is 4.14. The highest BCUT2D eigenvalue weighted by atomic mass is 19.1. The molecule has 3 rings (SSSR count). The molecule has 21 heavy (non-hydrogen) atoms. The first-order valence-electron chi connectivity index (χ1n) is 7.85. The molecule has 1 aliphatic carbocycles. The summed E-state index contributed by atoms with van der Waals surface area (Å²) in [5.74, 6) is -0.209. The Kier molecular flexibility index (Phi) is 4.34. The van der Waals surface area contributed by atoms with Crippen molar-refractivity contribution in [2.24, 2.45) is 0 Å². The molecular formula is C17H22FN3. The van der Waals surface area contributed by atoms with Gasteiger partial charge in [-0.05, 0) is 56.5 Å². The lowest BCUT2D eigenvalue weighted by Crippen LogP contribution is -2.22. The fraction of sp³-hybridized carbons (Fsp3) is 0.471. The molecule has 2 aromatic rings. The van der Waals surface area contributed by atoms with E-state index in [0.29, 0.717) is 6.04 Å². The standard InChI is InChI=1S/C17H22FN3/c1-2-11-19-16-5-3-4-6-17-15(16)12-20-21(17)14-9-7-13(18)8-10-14/h7-10,12,16,19H,2-6,11H2,1H3. The first kappa shape index (κ1) is 14.3. The Bertz CT molecular complexity index is 589. The van der Waals surface area contributed by atoms with Crippen molar-refractivity contribution in [3.05, 3.63) is 47.5 Å². The maximum atomic E-state index is 13.1. The van der Waals surface area contributed by atoms with E-state index < -0.39 is 0 Å². The van der Waals surface area contributed by atoms with E-state index in [1.165, 1.54) is 42.7 Å². The smallest absolute Gasteiger partial charge is 0.123 e. The van der Waals surface area contributed by atoms with Crippen molar-refractivity contribution < 1.29 is 4.39 Å². The van der Waals surface area contributed by atoms with E-state index in [-0.39, 0.29) is 5.82 Å². The molecule has 1 aromatic heterocycles. The van der Waals surface area contributed by atoms with Crippen molar-refractivity contribution in [3.8, 4) is 5.69 Å². The maximum Gasteiger partial charge on any atom is 0.123 e. The van der Waals surface area contributed by atoms with Gasteiger partial charge in [0.1, 0.15) is 5.82 Å². The molecule has 1 aromatic carbocycles. The number of rotatable bonds is 4. The summed E-state index contributed by atoms with van der Waals surface area (Å²) >= 11 is 0. The van der Waals surface area contributed by atoms with Crippen LogP contribution in [0.25, 0.3) is 5.69 Å². The van der Waals surface area contributed by atoms with Crippen LogP contribution in [0.3, 0.4) is 0 Å². The van der Waals surface area contributed by atoms with Crippen LogP contribution < -0.4 is 5.32 Å². The molecule has 0 saturated carbocycles. The summed E-state index contributed by atoms with van der Waals surface area (Å²) < 4.78 is 15.1. The second kappa shape index (κ2) is 6.39. The minimum atomic E-state index is -0.209. The van der Waals surface area contributed by atoms with Crippen LogP contribution in [-0.4, -0.2) is 16.3 Å². The summed E-state index contributed by atoms with van der Waals surface area (Å²) in [6, 6.07) is 6.97. The van der Waals surface area contributed by atoms with Crippen molar-refractivity contribution in [2.75, 3.05) is 6.54 Å². The van der Waals surface area contributed by atoms with Gasteiger partial charge in [-0.15, -0.1) is 0 Å². The van der Waals surface area contributed by atoms with Crippen LogP contribution >= 0.6 is 0 Å². The first-order valence-corrected chi connectivity index (χ1v) is 7.85. The van der Waals surface area contributed by atoms with Gasteiger partial charge in [0.05, 0.1) is 11.9 Å². The van der Waals surface area contributed by atoms with E-state index in [1.807, 2.05) is 10.9 Å². The van der Waals surface area contributed by atoms with Crippen molar-refractivity contribution in [1.82, 2.24) is 15.1 Å². The Balaban J connectivity index is 1.94. The highest BCUT2D eigenvalue weighted by molar-refractivity contribution is 5.36. The van der Waals surface area contributed by atoms with Gasteiger partial charge in [-0.2, -0.15) is 5.10 Å². The molecule has 4 heteroatoms. The van der Waals surface area contributed by atoms with Gasteiger partial charge in [-0.3, -0.25) is 0 Å². The van der Waals surface area contributed by atoms with E-state index in [0.717, 1.165) is 25.1 Å². The lowest BCUT2D eigenvalue weighted by atomic mass is 10.1. The Hall–Kier alpha value is -1.68. The summed E-state index contributed by atoms with van der Waals surface area (Å²) in [7, 11) is 0. The van der Waals surface area contributed by atoms with Crippen molar-refractivity contribution in [3.63, 3.8) is 0 Å². The number of nitrogens with zero attached hydrogens (tertiary/aromatic N) is 2. The number of halogens is 1. The lowest BCUT2D eigenvalue weighted by Gasteiger charge is -2.16. The molecule has 3 nitrogen and oxygen atoms in total. The largest absolute Gasteiger partial charge is 0.310 e. The molecule has 1 unspecified atom stereocenters. The molecular weight excluding hydrogens is 265 g/mol. The monoisotopic (exact) mass is 287 g/mol. The molecule has 1 aliphatic rings. The number of hydrogen-bond donors (Lipinski definition) is 1. The third kappa shape index (κ3) is 3.00. The molecule has 0 spiro atoms. The van der Waals surface area contributed by atoms with Crippen LogP contribution in [0, 0.1) is 5.82 Å². The fourth-order valence-corrected chi connectivity index (χ4v) is 3.06. The van der Waals surface area contributed by atoms with Gasteiger partial charge >= 0.3 is 0 Å². The van der Waals surface area contributed by atoms with Gasteiger partial charge in [0.2, 0.25) is 0 Å². The van der Waals surface area contributed by atoms with Crippen molar-refractivity contribution in [1.29, 1.82) is 0 Å².